The lowest BCUT2D eigenvalue weighted by atomic mass is 9.60. The Morgan fingerprint density at radius 3 is 2.09 bits per heavy atom. The molecular formula is C29H49N3O2. The molecule has 34 heavy (non-hydrogen) atoms. The maximum Gasteiger partial charge on any atom is 0.228 e. The second-order valence-electron chi connectivity index (χ2n) is 13.8. The third-order valence-electron chi connectivity index (χ3n) is 10.7. The number of hydrogen-bond acceptors (Lipinski definition) is 3. The molecule has 2 saturated heterocycles. The lowest BCUT2D eigenvalue weighted by molar-refractivity contribution is -0.145. The maximum absolute atomic E-state index is 13.3. The van der Waals surface area contributed by atoms with Crippen LogP contribution in [-0.2, 0) is 9.59 Å². The van der Waals surface area contributed by atoms with Crippen LogP contribution in [0.1, 0.15) is 91.9 Å². The zero-order valence-corrected chi connectivity index (χ0v) is 22.3. The number of nitrogens with one attached hydrogen (secondary N) is 1. The van der Waals surface area contributed by atoms with Gasteiger partial charge in [0, 0.05) is 43.6 Å². The molecule has 3 aliphatic carbocycles. The Hall–Kier alpha value is -1.10. The Bertz CT molecular complexity index is 754. The first-order valence-electron chi connectivity index (χ1n) is 14.5. The Labute approximate surface area is 207 Å². The fourth-order valence-electron chi connectivity index (χ4n) is 7.93. The van der Waals surface area contributed by atoms with Crippen LogP contribution in [0.5, 0.6) is 0 Å². The van der Waals surface area contributed by atoms with Gasteiger partial charge in [0.05, 0.1) is 0 Å². The minimum Gasteiger partial charge on any atom is -0.339 e. The molecule has 192 valence electrons. The number of piperazine rings is 1. The number of nitrogens with zero attached hydrogens (tertiary/aromatic N) is 2. The van der Waals surface area contributed by atoms with E-state index in [2.05, 4.69) is 37.9 Å². The predicted molar refractivity (Wildman–Crippen MR) is 136 cm³/mol. The highest BCUT2D eigenvalue weighted by Crippen LogP contribution is 2.49. The zero-order chi connectivity index (χ0) is 24.1. The van der Waals surface area contributed by atoms with Gasteiger partial charge in [0.15, 0.2) is 0 Å². The average molecular weight is 472 g/mol. The molecule has 5 heteroatoms. The largest absolute Gasteiger partial charge is 0.339 e. The summed E-state index contributed by atoms with van der Waals surface area (Å²) >= 11 is 0. The van der Waals surface area contributed by atoms with Crippen LogP contribution in [0.2, 0.25) is 0 Å². The van der Waals surface area contributed by atoms with Gasteiger partial charge >= 0.3 is 0 Å². The second kappa shape index (κ2) is 9.41. The molecule has 5 fully saturated rings. The summed E-state index contributed by atoms with van der Waals surface area (Å²) in [6.07, 6.45) is 12.2. The molecule has 2 heterocycles. The van der Waals surface area contributed by atoms with E-state index in [9.17, 15) is 9.59 Å². The van der Waals surface area contributed by atoms with E-state index in [0.717, 1.165) is 75.5 Å². The van der Waals surface area contributed by atoms with Crippen LogP contribution in [0.4, 0.5) is 0 Å². The molecule has 0 spiro atoms. The van der Waals surface area contributed by atoms with Crippen molar-refractivity contribution >= 4 is 11.8 Å². The first kappa shape index (κ1) is 24.6. The van der Waals surface area contributed by atoms with Gasteiger partial charge in [0.1, 0.15) is 0 Å². The van der Waals surface area contributed by atoms with Crippen LogP contribution in [0.3, 0.4) is 0 Å². The minimum absolute atomic E-state index is 0.0931. The molecular weight excluding hydrogens is 422 g/mol. The molecule has 0 radical (unpaired) electrons. The molecule has 5 nitrogen and oxygen atoms in total. The molecule has 2 aliphatic heterocycles. The van der Waals surface area contributed by atoms with Gasteiger partial charge in [-0.05, 0) is 99.8 Å². The number of hydrogen-bond donors (Lipinski definition) is 1. The summed E-state index contributed by atoms with van der Waals surface area (Å²) in [4.78, 5) is 30.0. The van der Waals surface area contributed by atoms with Gasteiger partial charge in [-0.2, -0.15) is 0 Å². The Balaban J connectivity index is 1.10. The van der Waals surface area contributed by atoms with Crippen molar-refractivity contribution in [2.45, 2.75) is 97.9 Å². The van der Waals surface area contributed by atoms with Crippen LogP contribution in [0.15, 0.2) is 0 Å². The van der Waals surface area contributed by atoms with Gasteiger partial charge in [-0.3, -0.25) is 9.59 Å². The smallest absolute Gasteiger partial charge is 0.228 e. The SMILES string of the molecule is CC1(C(=O)N2CCN(C(=O)C3CCC(C4CCNC5CC(C(C)(C)C)CCC54)CC3)CC2)CC1. The molecule has 3 saturated carbocycles. The van der Waals surface area contributed by atoms with Crippen LogP contribution < -0.4 is 5.32 Å². The van der Waals surface area contributed by atoms with E-state index >= 15 is 0 Å². The van der Waals surface area contributed by atoms with Crippen molar-refractivity contribution in [2.75, 3.05) is 32.7 Å². The molecule has 0 aromatic carbocycles. The van der Waals surface area contributed by atoms with Crippen molar-refractivity contribution in [3.63, 3.8) is 0 Å². The van der Waals surface area contributed by atoms with Gasteiger partial charge in [-0.15, -0.1) is 0 Å². The summed E-state index contributed by atoms with van der Waals surface area (Å²) in [5.41, 5.74) is 0.330. The highest BCUT2D eigenvalue weighted by atomic mass is 16.2. The second-order valence-corrected chi connectivity index (χ2v) is 13.8. The molecule has 2 amide bonds. The third-order valence-corrected chi connectivity index (χ3v) is 10.7. The molecule has 5 rings (SSSR count). The van der Waals surface area contributed by atoms with Crippen LogP contribution >= 0.6 is 0 Å². The van der Waals surface area contributed by atoms with E-state index < -0.39 is 0 Å². The van der Waals surface area contributed by atoms with E-state index in [-0.39, 0.29) is 11.3 Å². The standard InChI is InChI=1S/C29H49N3O2/c1-28(2,3)22-9-10-24-23(11-14-30-25(24)19-22)20-5-7-21(8-6-20)26(33)31-15-17-32(18-16-31)27(34)29(4)12-13-29/h20-25,30H,5-19H2,1-4H3. The van der Waals surface area contributed by atoms with Gasteiger partial charge in [-0.25, -0.2) is 0 Å². The summed E-state index contributed by atoms with van der Waals surface area (Å²) in [6, 6.07) is 0.716. The summed E-state index contributed by atoms with van der Waals surface area (Å²) in [7, 11) is 0. The number of amides is 2. The fourth-order valence-corrected chi connectivity index (χ4v) is 7.93. The maximum atomic E-state index is 13.3. The highest BCUT2D eigenvalue weighted by Gasteiger charge is 2.48. The normalized spacial score (nSPS) is 38.2. The number of carbonyl (C=O) groups is 2. The van der Waals surface area contributed by atoms with Gasteiger partial charge in [0.25, 0.3) is 0 Å². The Kier molecular flexibility index (Phi) is 6.80. The van der Waals surface area contributed by atoms with Crippen LogP contribution in [-0.4, -0.2) is 60.4 Å². The highest BCUT2D eigenvalue weighted by molar-refractivity contribution is 5.85. The van der Waals surface area contributed by atoms with Crippen molar-refractivity contribution in [3.8, 4) is 0 Å². The monoisotopic (exact) mass is 471 g/mol. The Morgan fingerprint density at radius 1 is 0.824 bits per heavy atom. The molecule has 5 aliphatic rings. The van der Waals surface area contributed by atoms with Crippen molar-refractivity contribution < 1.29 is 9.59 Å². The molecule has 0 aromatic heterocycles. The van der Waals surface area contributed by atoms with Crippen molar-refractivity contribution in [1.29, 1.82) is 0 Å². The quantitative estimate of drug-likeness (QED) is 0.649. The molecule has 4 atom stereocenters. The number of piperidine rings is 1. The number of fused-ring (bicyclic) bond motifs is 1. The Morgan fingerprint density at radius 2 is 1.47 bits per heavy atom. The third kappa shape index (κ3) is 4.92. The first-order chi connectivity index (χ1) is 16.2. The van der Waals surface area contributed by atoms with Crippen molar-refractivity contribution in [1.82, 2.24) is 15.1 Å². The van der Waals surface area contributed by atoms with E-state index in [1.165, 1.54) is 45.1 Å². The molecule has 1 N–H and O–H groups in total. The van der Waals surface area contributed by atoms with Crippen LogP contribution in [0, 0.1) is 40.4 Å². The first-order valence-corrected chi connectivity index (χ1v) is 14.5. The van der Waals surface area contributed by atoms with Gasteiger partial charge in [-0.1, -0.05) is 27.7 Å². The van der Waals surface area contributed by atoms with Crippen molar-refractivity contribution in [3.05, 3.63) is 0 Å². The summed E-state index contributed by atoms with van der Waals surface area (Å²) in [5.74, 6) is 4.28. The molecule has 4 unspecified atom stereocenters. The van der Waals surface area contributed by atoms with Crippen LogP contribution in [0.25, 0.3) is 0 Å². The summed E-state index contributed by atoms with van der Waals surface area (Å²) in [6.45, 7) is 13.4. The fraction of sp³-hybridized carbons (Fsp3) is 0.931. The summed E-state index contributed by atoms with van der Waals surface area (Å²) in [5, 5.41) is 3.90. The zero-order valence-electron chi connectivity index (χ0n) is 22.3. The van der Waals surface area contributed by atoms with Gasteiger partial charge in [0.2, 0.25) is 11.8 Å². The lowest BCUT2D eigenvalue weighted by Crippen LogP contribution is -2.54. The van der Waals surface area contributed by atoms with Crippen molar-refractivity contribution in [2.24, 2.45) is 40.4 Å². The number of rotatable bonds is 3. The van der Waals surface area contributed by atoms with E-state index in [0.29, 0.717) is 23.3 Å². The predicted octanol–water partition coefficient (Wildman–Crippen LogP) is 4.70. The van der Waals surface area contributed by atoms with E-state index in [1.54, 1.807) is 0 Å². The number of carbonyl (C=O) groups excluding carboxylic acids is 2. The topological polar surface area (TPSA) is 52.7 Å². The summed E-state index contributed by atoms with van der Waals surface area (Å²) < 4.78 is 0. The minimum atomic E-state index is -0.0931. The van der Waals surface area contributed by atoms with E-state index in [1.807, 2.05) is 4.90 Å². The average Bonchev–Trinajstić information content (AvgIpc) is 3.60. The molecule has 0 aromatic rings. The van der Waals surface area contributed by atoms with E-state index in [4.69, 9.17) is 0 Å². The molecule has 0 bridgehead atoms. The lowest BCUT2D eigenvalue weighted by Gasteiger charge is -2.50. The van der Waals surface area contributed by atoms with Gasteiger partial charge < -0.3 is 15.1 Å².